The van der Waals surface area contributed by atoms with Gasteiger partial charge in [-0.1, -0.05) is 49.3 Å². The number of aryl methyl sites for hydroxylation is 1. The van der Waals surface area contributed by atoms with E-state index in [0.717, 1.165) is 28.9 Å². The second-order valence-corrected chi connectivity index (χ2v) is 9.24. The summed E-state index contributed by atoms with van der Waals surface area (Å²) in [5.74, 6) is 0.0103. The van der Waals surface area contributed by atoms with E-state index in [0.29, 0.717) is 16.5 Å². The molecule has 0 bridgehead atoms. The van der Waals surface area contributed by atoms with Gasteiger partial charge in [-0.05, 0) is 85.4 Å². The van der Waals surface area contributed by atoms with E-state index in [1.165, 1.54) is 11.1 Å². The number of hydrogen-bond donors (Lipinski definition) is 2. The fourth-order valence-corrected chi connectivity index (χ4v) is 4.13. The van der Waals surface area contributed by atoms with Gasteiger partial charge in [-0.25, -0.2) is 4.68 Å². The molecular weight excluding hydrogens is 490 g/mol. The Morgan fingerprint density at radius 2 is 1.91 bits per heavy atom. The van der Waals surface area contributed by atoms with Gasteiger partial charge in [0.05, 0.1) is 28.1 Å². The van der Waals surface area contributed by atoms with Crippen LogP contribution in [0.25, 0.3) is 17.3 Å². The average molecular weight is 522 g/mol. The highest BCUT2D eigenvalue weighted by atomic mass is 79.9. The molecule has 3 rings (SSSR count). The molecule has 1 atom stereocenters. The van der Waals surface area contributed by atoms with Crippen LogP contribution in [0, 0.1) is 6.92 Å². The first-order chi connectivity index (χ1) is 16.3. The van der Waals surface area contributed by atoms with Gasteiger partial charge in [-0.15, -0.1) is 0 Å². The summed E-state index contributed by atoms with van der Waals surface area (Å²) in [4.78, 5) is 13.5. The van der Waals surface area contributed by atoms with Crippen LogP contribution in [0.15, 0.2) is 64.8 Å². The summed E-state index contributed by atoms with van der Waals surface area (Å²) in [6.07, 6.45) is 7.33. The third-order valence-corrected chi connectivity index (χ3v) is 6.57. The molecule has 0 aliphatic carbocycles. The Morgan fingerprint density at radius 3 is 2.50 bits per heavy atom. The summed E-state index contributed by atoms with van der Waals surface area (Å²) >= 11 is 3.37. The molecule has 0 fully saturated rings. The standard InChI is InChI=1S/C28H32BrN3O2/c1-6-18(4)15-26-23(17-30-32(26)21-12-9-19(5)10-13-21)22(7-2)28(34)31-25(8-3)20-11-14-27(33)24(29)16-20/h7,9-17,25,33H,6,8H2,1-5H3,(H,31,34)/b18-15+,22-7+. The number of rotatable bonds is 8. The zero-order valence-corrected chi connectivity index (χ0v) is 22.0. The van der Waals surface area contributed by atoms with Gasteiger partial charge in [0.1, 0.15) is 5.75 Å². The van der Waals surface area contributed by atoms with Crippen LogP contribution in [0.3, 0.4) is 0 Å². The third kappa shape index (κ3) is 5.68. The quantitative estimate of drug-likeness (QED) is 0.309. The van der Waals surface area contributed by atoms with Crippen LogP contribution in [-0.4, -0.2) is 20.8 Å². The van der Waals surface area contributed by atoms with E-state index in [2.05, 4.69) is 65.3 Å². The monoisotopic (exact) mass is 521 g/mol. The molecule has 0 saturated carbocycles. The van der Waals surface area contributed by atoms with Crippen molar-refractivity contribution in [3.63, 3.8) is 0 Å². The van der Waals surface area contributed by atoms with Crippen LogP contribution in [0.1, 0.15) is 69.0 Å². The van der Waals surface area contributed by atoms with Gasteiger partial charge in [-0.2, -0.15) is 5.10 Å². The molecule has 3 aromatic rings. The van der Waals surface area contributed by atoms with Crippen LogP contribution in [-0.2, 0) is 4.79 Å². The van der Waals surface area contributed by atoms with Gasteiger partial charge in [-0.3, -0.25) is 4.79 Å². The lowest BCUT2D eigenvalue weighted by Crippen LogP contribution is -2.29. The number of halogens is 1. The Kier molecular flexibility index (Phi) is 8.51. The summed E-state index contributed by atoms with van der Waals surface area (Å²) < 4.78 is 2.49. The van der Waals surface area contributed by atoms with Crippen molar-refractivity contribution in [2.24, 2.45) is 0 Å². The van der Waals surface area contributed by atoms with Crippen LogP contribution in [0.4, 0.5) is 0 Å². The summed E-state index contributed by atoms with van der Waals surface area (Å²) in [5.41, 5.74) is 6.49. The van der Waals surface area contributed by atoms with Crippen LogP contribution in [0.5, 0.6) is 5.75 Å². The first kappa shape index (κ1) is 25.5. The van der Waals surface area contributed by atoms with Crippen molar-refractivity contribution in [2.45, 2.75) is 53.5 Å². The van der Waals surface area contributed by atoms with E-state index in [-0.39, 0.29) is 17.7 Å². The minimum absolute atomic E-state index is 0.161. The van der Waals surface area contributed by atoms with Crippen LogP contribution >= 0.6 is 15.9 Å². The van der Waals surface area contributed by atoms with Gasteiger partial charge in [0.2, 0.25) is 0 Å². The molecule has 0 radical (unpaired) electrons. The number of aromatic hydroxyl groups is 1. The zero-order chi connectivity index (χ0) is 24.8. The Morgan fingerprint density at radius 1 is 1.21 bits per heavy atom. The normalized spacial score (nSPS) is 13.1. The van der Waals surface area contributed by atoms with E-state index in [1.807, 2.05) is 48.9 Å². The number of hydrogen-bond acceptors (Lipinski definition) is 3. The summed E-state index contributed by atoms with van der Waals surface area (Å²) in [6, 6.07) is 13.3. The number of phenols is 1. The maximum Gasteiger partial charge on any atom is 0.252 e. The molecule has 2 aromatic carbocycles. The third-order valence-electron chi connectivity index (χ3n) is 5.94. The first-order valence-corrected chi connectivity index (χ1v) is 12.4. The maximum absolute atomic E-state index is 13.5. The second kappa shape index (κ2) is 11.3. The van der Waals surface area contributed by atoms with Gasteiger partial charge in [0.25, 0.3) is 5.91 Å². The lowest BCUT2D eigenvalue weighted by atomic mass is 10.0. The molecule has 1 amide bonds. The van der Waals surface area contributed by atoms with Gasteiger partial charge >= 0.3 is 0 Å². The lowest BCUT2D eigenvalue weighted by Gasteiger charge is -2.19. The van der Waals surface area contributed by atoms with Crippen molar-refractivity contribution < 1.29 is 9.90 Å². The highest BCUT2D eigenvalue weighted by Gasteiger charge is 2.22. The summed E-state index contributed by atoms with van der Waals surface area (Å²) in [7, 11) is 0. The van der Waals surface area contributed by atoms with Crippen molar-refractivity contribution in [1.82, 2.24) is 15.1 Å². The number of aromatic nitrogens is 2. The zero-order valence-electron chi connectivity index (χ0n) is 20.4. The number of phenolic OH excluding ortho intramolecular Hbond substituents is 1. The van der Waals surface area contributed by atoms with Crippen LogP contribution < -0.4 is 5.32 Å². The number of nitrogens with one attached hydrogen (secondary N) is 1. The topological polar surface area (TPSA) is 67.2 Å². The molecule has 34 heavy (non-hydrogen) atoms. The summed E-state index contributed by atoms with van der Waals surface area (Å²) in [5, 5.41) is 17.6. The van der Waals surface area contributed by atoms with Crippen molar-refractivity contribution in [2.75, 3.05) is 0 Å². The van der Waals surface area contributed by atoms with E-state index in [1.54, 1.807) is 12.3 Å². The Hall–Kier alpha value is -3.12. The van der Waals surface area contributed by atoms with E-state index < -0.39 is 0 Å². The minimum atomic E-state index is -0.192. The Balaban J connectivity index is 2.00. The van der Waals surface area contributed by atoms with Crippen molar-refractivity contribution in [3.05, 3.63) is 87.2 Å². The highest BCUT2D eigenvalue weighted by molar-refractivity contribution is 9.10. The molecular formula is C28H32BrN3O2. The number of amides is 1. The average Bonchev–Trinajstić information content (AvgIpc) is 3.23. The molecule has 0 spiro atoms. The molecule has 6 heteroatoms. The van der Waals surface area contributed by atoms with E-state index >= 15 is 0 Å². The molecule has 0 saturated heterocycles. The SMILES string of the molecule is C/C=C(/C(=O)NC(CC)c1ccc(O)c(Br)c1)c1cnn(-c2ccc(C)cc2)c1/C=C(\C)CC. The summed E-state index contributed by atoms with van der Waals surface area (Å²) in [6.45, 7) is 10.1. The first-order valence-electron chi connectivity index (χ1n) is 11.6. The van der Waals surface area contributed by atoms with Gasteiger partial charge in [0.15, 0.2) is 0 Å². The van der Waals surface area contributed by atoms with Crippen LogP contribution in [0.2, 0.25) is 0 Å². The number of allylic oxidation sites excluding steroid dienone is 2. The molecule has 2 N–H and O–H groups in total. The predicted octanol–water partition coefficient (Wildman–Crippen LogP) is 7.13. The molecule has 178 valence electrons. The van der Waals surface area contributed by atoms with Gasteiger partial charge < -0.3 is 10.4 Å². The molecule has 1 unspecified atom stereocenters. The minimum Gasteiger partial charge on any atom is -0.507 e. The smallest absolute Gasteiger partial charge is 0.252 e. The van der Waals surface area contributed by atoms with Crippen molar-refractivity contribution in [3.8, 4) is 11.4 Å². The number of benzene rings is 2. The number of nitrogens with zero attached hydrogens (tertiary/aromatic N) is 2. The van der Waals surface area contributed by atoms with E-state index in [9.17, 15) is 9.90 Å². The number of carbonyl (C=O) groups is 1. The second-order valence-electron chi connectivity index (χ2n) is 8.38. The predicted molar refractivity (Wildman–Crippen MR) is 143 cm³/mol. The molecule has 5 nitrogen and oxygen atoms in total. The van der Waals surface area contributed by atoms with Crippen molar-refractivity contribution >= 4 is 33.5 Å². The number of carbonyl (C=O) groups excluding carboxylic acids is 1. The van der Waals surface area contributed by atoms with Crippen molar-refractivity contribution in [1.29, 1.82) is 0 Å². The fourth-order valence-electron chi connectivity index (χ4n) is 3.74. The van der Waals surface area contributed by atoms with Gasteiger partial charge in [0, 0.05) is 11.1 Å². The Bertz CT molecular complexity index is 1220. The fraction of sp³-hybridized carbons (Fsp3) is 0.286. The molecule has 1 aromatic heterocycles. The Labute approximate surface area is 210 Å². The largest absolute Gasteiger partial charge is 0.507 e. The molecule has 0 aliphatic rings. The highest BCUT2D eigenvalue weighted by Crippen LogP contribution is 2.30. The molecule has 0 aliphatic heterocycles. The molecule has 1 heterocycles. The lowest BCUT2D eigenvalue weighted by molar-refractivity contribution is -0.116. The maximum atomic E-state index is 13.5. The van der Waals surface area contributed by atoms with E-state index in [4.69, 9.17) is 0 Å².